The summed E-state index contributed by atoms with van der Waals surface area (Å²) in [6, 6.07) is 0.813. The smallest absolute Gasteiger partial charge is 0.236 e. The van der Waals surface area contributed by atoms with Crippen molar-refractivity contribution in [3.8, 4) is 0 Å². The van der Waals surface area contributed by atoms with Gasteiger partial charge in [-0.2, -0.15) is 0 Å². The molecule has 0 bridgehead atoms. The van der Waals surface area contributed by atoms with Gasteiger partial charge in [0.1, 0.15) is 0 Å². The minimum atomic E-state index is 0.229. The zero-order valence-electron chi connectivity index (χ0n) is 11.4. The fourth-order valence-electron chi connectivity index (χ4n) is 2.15. The van der Waals surface area contributed by atoms with E-state index >= 15 is 0 Å². The van der Waals surface area contributed by atoms with Gasteiger partial charge in [0.2, 0.25) is 5.91 Å². The summed E-state index contributed by atoms with van der Waals surface area (Å²) < 4.78 is 5.15. The normalized spacial score (nSPS) is 16.9. The van der Waals surface area contributed by atoms with Gasteiger partial charge >= 0.3 is 0 Å². The molecule has 1 fully saturated rings. The summed E-state index contributed by atoms with van der Waals surface area (Å²) in [7, 11) is 1.70. The number of likely N-dealkylation sites (N-methyl/N-ethyl adjacent to an activating group) is 1. The molecule has 100 valence electrons. The van der Waals surface area contributed by atoms with Gasteiger partial charge in [-0.25, -0.2) is 0 Å². The molecular weight excluding hydrogens is 216 g/mol. The van der Waals surface area contributed by atoms with E-state index in [1.54, 1.807) is 7.11 Å². The Balaban J connectivity index is 2.28. The maximum atomic E-state index is 12.0. The van der Waals surface area contributed by atoms with Crippen LogP contribution in [0, 0.1) is 0 Å². The molecular formula is C13H26N2O2. The molecule has 0 aliphatic heterocycles. The monoisotopic (exact) mass is 242 g/mol. The highest BCUT2D eigenvalue weighted by Gasteiger charge is 2.31. The molecule has 1 aliphatic rings. The second kappa shape index (κ2) is 7.67. The van der Waals surface area contributed by atoms with E-state index in [4.69, 9.17) is 4.74 Å². The summed E-state index contributed by atoms with van der Waals surface area (Å²) in [4.78, 5) is 14.0. The number of carbonyl (C=O) groups excluding carboxylic acids is 1. The van der Waals surface area contributed by atoms with Crippen LogP contribution in [0.5, 0.6) is 0 Å². The van der Waals surface area contributed by atoms with Crippen molar-refractivity contribution in [3.05, 3.63) is 0 Å². The van der Waals surface area contributed by atoms with Crippen molar-refractivity contribution in [3.63, 3.8) is 0 Å². The van der Waals surface area contributed by atoms with Crippen molar-refractivity contribution in [2.75, 3.05) is 26.8 Å². The molecule has 4 heteroatoms. The first kappa shape index (κ1) is 14.5. The Morgan fingerprint density at radius 2 is 2.18 bits per heavy atom. The van der Waals surface area contributed by atoms with Gasteiger partial charge in [0.25, 0.3) is 0 Å². The van der Waals surface area contributed by atoms with E-state index in [0.717, 1.165) is 19.4 Å². The van der Waals surface area contributed by atoms with E-state index in [0.29, 0.717) is 25.2 Å². The van der Waals surface area contributed by atoms with Crippen LogP contribution in [0.25, 0.3) is 0 Å². The van der Waals surface area contributed by atoms with Crippen LogP contribution in [0.15, 0.2) is 0 Å². The highest BCUT2D eigenvalue weighted by Crippen LogP contribution is 2.26. The van der Waals surface area contributed by atoms with Crippen LogP contribution in [0.4, 0.5) is 0 Å². The first-order chi connectivity index (χ1) is 8.22. The molecule has 0 heterocycles. The highest BCUT2D eigenvalue weighted by atomic mass is 16.5. The lowest BCUT2D eigenvalue weighted by molar-refractivity contribution is -0.130. The topological polar surface area (TPSA) is 41.6 Å². The van der Waals surface area contributed by atoms with E-state index in [1.807, 2.05) is 4.90 Å². The number of carbonyl (C=O) groups is 1. The van der Waals surface area contributed by atoms with E-state index in [-0.39, 0.29) is 5.91 Å². The number of methoxy groups -OCH3 is 1. The van der Waals surface area contributed by atoms with Crippen LogP contribution in [0.1, 0.15) is 39.5 Å². The van der Waals surface area contributed by atoms with Gasteiger partial charge in [0, 0.05) is 25.7 Å². The zero-order chi connectivity index (χ0) is 12.7. The van der Waals surface area contributed by atoms with Gasteiger partial charge in [-0.1, -0.05) is 13.3 Å². The SMILES string of the molecule is CCCC(COC)NCC(=O)N(CC)C1CC1. The molecule has 1 saturated carbocycles. The molecule has 0 aromatic heterocycles. The summed E-state index contributed by atoms with van der Waals surface area (Å²) in [5.74, 6) is 0.229. The van der Waals surface area contributed by atoms with Crippen LogP contribution < -0.4 is 5.32 Å². The molecule has 17 heavy (non-hydrogen) atoms. The summed E-state index contributed by atoms with van der Waals surface area (Å²) in [5.41, 5.74) is 0. The van der Waals surface area contributed by atoms with Crippen LogP contribution in [0.3, 0.4) is 0 Å². The minimum Gasteiger partial charge on any atom is -0.383 e. The molecule has 0 radical (unpaired) electrons. The second-order valence-corrected chi connectivity index (χ2v) is 4.73. The van der Waals surface area contributed by atoms with Crippen LogP contribution in [-0.2, 0) is 9.53 Å². The maximum Gasteiger partial charge on any atom is 0.236 e. The van der Waals surface area contributed by atoms with E-state index in [2.05, 4.69) is 19.2 Å². The summed E-state index contributed by atoms with van der Waals surface area (Å²) in [6.07, 6.45) is 4.51. The highest BCUT2D eigenvalue weighted by molar-refractivity contribution is 5.78. The van der Waals surface area contributed by atoms with Crippen LogP contribution in [-0.4, -0.2) is 49.7 Å². The third-order valence-electron chi connectivity index (χ3n) is 3.20. The van der Waals surface area contributed by atoms with Gasteiger partial charge in [-0.3, -0.25) is 4.79 Å². The van der Waals surface area contributed by atoms with Crippen molar-refractivity contribution in [2.24, 2.45) is 0 Å². The predicted molar refractivity (Wildman–Crippen MR) is 69.0 cm³/mol. The van der Waals surface area contributed by atoms with Gasteiger partial charge < -0.3 is 15.0 Å². The molecule has 1 atom stereocenters. The number of amides is 1. The number of nitrogens with zero attached hydrogens (tertiary/aromatic N) is 1. The molecule has 0 spiro atoms. The lowest BCUT2D eigenvalue weighted by Gasteiger charge is -2.23. The third kappa shape index (κ3) is 5.04. The molecule has 1 amide bonds. The molecule has 4 nitrogen and oxygen atoms in total. The average Bonchev–Trinajstić information content (AvgIpc) is 3.12. The Bertz CT molecular complexity index is 223. The van der Waals surface area contributed by atoms with E-state index in [1.165, 1.54) is 12.8 Å². The number of nitrogens with one attached hydrogen (secondary N) is 1. The Hall–Kier alpha value is -0.610. The fourth-order valence-corrected chi connectivity index (χ4v) is 2.15. The Morgan fingerprint density at radius 3 is 2.65 bits per heavy atom. The number of hydrogen-bond donors (Lipinski definition) is 1. The first-order valence-electron chi connectivity index (χ1n) is 6.74. The quantitative estimate of drug-likeness (QED) is 0.664. The van der Waals surface area contributed by atoms with E-state index in [9.17, 15) is 4.79 Å². The van der Waals surface area contributed by atoms with Gasteiger partial charge in [0.15, 0.2) is 0 Å². The van der Waals surface area contributed by atoms with Crippen molar-refractivity contribution in [2.45, 2.75) is 51.6 Å². The largest absolute Gasteiger partial charge is 0.383 e. The second-order valence-electron chi connectivity index (χ2n) is 4.73. The molecule has 1 N–H and O–H groups in total. The van der Waals surface area contributed by atoms with Crippen LogP contribution >= 0.6 is 0 Å². The molecule has 0 saturated heterocycles. The lowest BCUT2D eigenvalue weighted by Crippen LogP contribution is -2.44. The maximum absolute atomic E-state index is 12.0. The van der Waals surface area contributed by atoms with Crippen molar-refractivity contribution in [1.82, 2.24) is 10.2 Å². The van der Waals surface area contributed by atoms with Crippen molar-refractivity contribution >= 4 is 5.91 Å². The Labute approximate surface area is 105 Å². The first-order valence-corrected chi connectivity index (χ1v) is 6.74. The Kier molecular flexibility index (Phi) is 6.52. The van der Waals surface area contributed by atoms with Gasteiger partial charge in [-0.15, -0.1) is 0 Å². The summed E-state index contributed by atoms with van der Waals surface area (Å²) >= 11 is 0. The Morgan fingerprint density at radius 1 is 1.47 bits per heavy atom. The minimum absolute atomic E-state index is 0.229. The number of rotatable bonds is 9. The van der Waals surface area contributed by atoms with Crippen molar-refractivity contribution in [1.29, 1.82) is 0 Å². The molecule has 1 rings (SSSR count). The molecule has 1 aliphatic carbocycles. The summed E-state index contributed by atoms with van der Waals surface area (Å²) in [6.45, 7) is 6.15. The predicted octanol–water partition coefficient (Wildman–Crippen LogP) is 1.40. The van der Waals surface area contributed by atoms with E-state index < -0.39 is 0 Å². The van der Waals surface area contributed by atoms with Crippen molar-refractivity contribution < 1.29 is 9.53 Å². The standard InChI is InChI=1S/C13H26N2O2/c1-4-6-11(10-17-3)14-9-13(16)15(5-2)12-7-8-12/h11-12,14H,4-10H2,1-3H3. The third-order valence-corrected chi connectivity index (χ3v) is 3.20. The van der Waals surface area contributed by atoms with Crippen LogP contribution in [0.2, 0.25) is 0 Å². The summed E-state index contributed by atoms with van der Waals surface area (Å²) in [5, 5.41) is 3.30. The molecule has 0 aromatic carbocycles. The molecule has 1 unspecified atom stereocenters. The van der Waals surface area contributed by atoms with Gasteiger partial charge in [0.05, 0.1) is 13.2 Å². The number of hydrogen-bond acceptors (Lipinski definition) is 3. The lowest BCUT2D eigenvalue weighted by atomic mass is 10.2. The average molecular weight is 242 g/mol. The number of ether oxygens (including phenoxy) is 1. The fraction of sp³-hybridized carbons (Fsp3) is 0.923. The zero-order valence-corrected chi connectivity index (χ0v) is 11.4. The molecule has 0 aromatic rings. The van der Waals surface area contributed by atoms with Gasteiger partial charge in [-0.05, 0) is 26.2 Å².